The van der Waals surface area contributed by atoms with Gasteiger partial charge in [-0.2, -0.15) is 0 Å². The van der Waals surface area contributed by atoms with Crippen molar-refractivity contribution in [3.05, 3.63) is 33.8 Å². The van der Waals surface area contributed by atoms with Crippen molar-refractivity contribution in [1.82, 2.24) is 4.90 Å². The summed E-state index contributed by atoms with van der Waals surface area (Å²) in [6.45, 7) is 2.11. The van der Waals surface area contributed by atoms with Crippen LogP contribution in [-0.2, 0) is 9.59 Å². The predicted octanol–water partition coefficient (Wildman–Crippen LogP) is 2.71. The van der Waals surface area contributed by atoms with E-state index in [1.165, 1.54) is 11.0 Å². The molecule has 0 aliphatic rings. The van der Waals surface area contributed by atoms with E-state index in [9.17, 15) is 9.59 Å². The number of carboxylic acids is 1. The number of amides is 1. The molecule has 0 atom stereocenters. The molecule has 0 aromatic heterocycles. The summed E-state index contributed by atoms with van der Waals surface area (Å²) in [5.41, 5.74) is 1.52. The Hall–Kier alpha value is -1.82. The van der Waals surface area contributed by atoms with Crippen LogP contribution in [0, 0.1) is 6.92 Å². The third-order valence-electron chi connectivity index (χ3n) is 2.73. The standard InChI is InChI=1S/C15H18BrNO4/c1-10-8-12(16)9-11(4-5-14(19)20)15(10)21-7-6-13(18)17(2)3/h4-5,8-9H,6-7H2,1-3H3,(H,19,20)/b5-4+. The van der Waals surface area contributed by atoms with Gasteiger partial charge in [0.15, 0.2) is 0 Å². The van der Waals surface area contributed by atoms with Crippen LogP contribution in [0.25, 0.3) is 6.08 Å². The Labute approximate surface area is 132 Å². The Bertz CT molecular complexity index is 567. The van der Waals surface area contributed by atoms with E-state index in [1.54, 1.807) is 20.2 Å². The van der Waals surface area contributed by atoms with E-state index < -0.39 is 5.97 Å². The predicted molar refractivity (Wildman–Crippen MR) is 84.4 cm³/mol. The largest absolute Gasteiger partial charge is 0.492 e. The van der Waals surface area contributed by atoms with E-state index in [4.69, 9.17) is 9.84 Å². The van der Waals surface area contributed by atoms with Crippen LogP contribution < -0.4 is 4.74 Å². The summed E-state index contributed by atoms with van der Waals surface area (Å²) in [6, 6.07) is 3.65. The molecule has 0 unspecified atom stereocenters. The summed E-state index contributed by atoms with van der Waals surface area (Å²) in [7, 11) is 3.38. The van der Waals surface area contributed by atoms with Crippen LogP contribution in [-0.4, -0.2) is 42.6 Å². The second kappa shape index (κ2) is 7.83. The van der Waals surface area contributed by atoms with Gasteiger partial charge in [0.1, 0.15) is 5.75 Å². The molecular weight excluding hydrogens is 338 g/mol. The van der Waals surface area contributed by atoms with E-state index in [0.29, 0.717) is 11.3 Å². The number of aryl methyl sites for hydroxylation is 1. The molecule has 114 valence electrons. The van der Waals surface area contributed by atoms with Crippen molar-refractivity contribution in [2.24, 2.45) is 0 Å². The van der Waals surface area contributed by atoms with Crippen molar-refractivity contribution in [3.63, 3.8) is 0 Å². The Morgan fingerprint density at radius 3 is 2.62 bits per heavy atom. The maximum Gasteiger partial charge on any atom is 0.328 e. The van der Waals surface area contributed by atoms with Crippen molar-refractivity contribution in [3.8, 4) is 5.75 Å². The lowest BCUT2D eigenvalue weighted by Gasteiger charge is -2.14. The summed E-state index contributed by atoms with van der Waals surface area (Å²) < 4.78 is 6.50. The average Bonchev–Trinajstić information content (AvgIpc) is 2.38. The lowest BCUT2D eigenvalue weighted by molar-refractivity contribution is -0.131. The topological polar surface area (TPSA) is 66.8 Å². The van der Waals surface area contributed by atoms with Crippen LogP contribution in [0.1, 0.15) is 17.5 Å². The van der Waals surface area contributed by atoms with Gasteiger partial charge in [0.2, 0.25) is 5.91 Å². The molecule has 0 aliphatic heterocycles. The molecule has 0 bridgehead atoms. The number of carbonyl (C=O) groups is 2. The molecule has 1 aromatic rings. The minimum Gasteiger partial charge on any atom is -0.492 e. The highest BCUT2D eigenvalue weighted by Crippen LogP contribution is 2.29. The minimum absolute atomic E-state index is 0.0209. The maximum atomic E-state index is 11.5. The van der Waals surface area contributed by atoms with E-state index in [0.717, 1.165) is 16.1 Å². The zero-order valence-electron chi connectivity index (χ0n) is 12.2. The molecule has 5 nitrogen and oxygen atoms in total. The number of rotatable bonds is 6. The van der Waals surface area contributed by atoms with Gasteiger partial charge in [-0.1, -0.05) is 15.9 Å². The zero-order chi connectivity index (χ0) is 16.0. The molecule has 0 heterocycles. The number of carbonyl (C=O) groups excluding carboxylic acids is 1. The van der Waals surface area contributed by atoms with Crippen LogP contribution in [0.2, 0.25) is 0 Å². The first-order valence-electron chi connectivity index (χ1n) is 6.35. The van der Waals surface area contributed by atoms with Crippen LogP contribution in [0.5, 0.6) is 5.75 Å². The Balaban J connectivity index is 2.89. The van der Waals surface area contributed by atoms with E-state index in [-0.39, 0.29) is 18.9 Å². The molecule has 0 spiro atoms. The SMILES string of the molecule is Cc1cc(Br)cc(/C=C/C(=O)O)c1OCCC(=O)N(C)C. The van der Waals surface area contributed by atoms with Gasteiger partial charge in [-0.15, -0.1) is 0 Å². The van der Waals surface area contributed by atoms with Crippen molar-refractivity contribution < 1.29 is 19.4 Å². The van der Waals surface area contributed by atoms with Gasteiger partial charge in [-0.05, 0) is 30.7 Å². The first-order chi connectivity index (χ1) is 9.81. The average molecular weight is 356 g/mol. The second-order valence-corrected chi connectivity index (χ2v) is 5.61. The van der Waals surface area contributed by atoms with Crippen molar-refractivity contribution in [1.29, 1.82) is 0 Å². The van der Waals surface area contributed by atoms with Gasteiger partial charge < -0.3 is 14.7 Å². The van der Waals surface area contributed by atoms with Crippen LogP contribution in [0.15, 0.2) is 22.7 Å². The molecule has 0 saturated carbocycles. The highest BCUT2D eigenvalue weighted by atomic mass is 79.9. The summed E-state index contributed by atoms with van der Waals surface area (Å²) in [6.07, 6.45) is 2.80. The molecular formula is C15H18BrNO4. The molecule has 1 N–H and O–H groups in total. The summed E-state index contributed by atoms with van der Waals surface area (Å²) in [5, 5.41) is 8.72. The summed E-state index contributed by atoms with van der Waals surface area (Å²) >= 11 is 3.37. The molecule has 0 fully saturated rings. The van der Waals surface area contributed by atoms with Gasteiger partial charge in [0.25, 0.3) is 0 Å². The molecule has 0 aliphatic carbocycles. The fourth-order valence-electron chi connectivity index (χ4n) is 1.70. The fraction of sp³-hybridized carbons (Fsp3) is 0.333. The first kappa shape index (κ1) is 17.2. The second-order valence-electron chi connectivity index (χ2n) is 4.70. The van der Waals surface area contributed by atoms with Gasteiger partial charge in [0.05, 0.1) is 13.0 Å². The van der Waals surface area contributed by atoms with E-state index in [1.807, 2.05) is 13.0 Å². The van der Waals surface area contributed by atoms with Gasteiger partial charge in [-0.25, -0.2) is 4.79 Å². The number of hydrogen-bond acceptors (Lipinski definition) is 3. The number of halogens is 1. The Morgan fingerprint density at radius 1 is 1.38 bits per heavy atom. The number of nitrogens with zero attached hydrogens (tertiary/aromatic N) is 1. The zero-order valence-corrected chi connectivity index (χ0v) is 13.8. The number of benzene rings is 1. The van der Waals surface area contributed by atoms with Crippen molar-refractivity contribution in [2.45, 2.75) is 13.3 Å². The van der Waals surface area contributed by atoms with Crippen molar-refractivity contribution in [2.75, 3.05) is 20.7 Å². The van der Waals surface area contributed by atoms with Crippen LogP contribution in [0.3, 0.4) is 0 Å². The van der Waals surface area contributed by atoms with E-state index >= 15 is 0 Å². The quantitative estimate of drug-likeness (QED) is 0.796. The summed E-state index contributed by atoms with van der Waals surface area (Å²) in [4.78, 5) is 23.7. The molecule has 1 aromatic carbocycles. The number of carboxylic acid groups (broad SMARTS) is 1. The lowest BCUT2D eigenvalue weighted by atomic mass is 10.1. The number of ether oxygens (including phenoxy) is 1. The molecule has 0 saturated heterocycles. The van der Waals surface area contributed by atoms with Crippen LogP contribution >= 0.6 is 15.9 Å². The maximum absolute atomic E-state index is 11.5. The third-order valence-corrected chi connectivity index (χ3v) is 3.19. The highest BCUT2D eigenvalue weighted by molar-refractivity contribution is 9.10. The van der Waals surface area contributed by atoms with Gasteiger partial charge in [0, 0.05) is 30.2 Å². The monoisotopic (exact) mass is 355 g/mol. The minimum atomic E-state index is -1.03. The lowest BCUT2D eigenvalue weighted by Crippen LogP contribution is -2.23. The molecule has 1 amide bonds. The molecule has 1 rings (SSSR count). The van der Waals surface area contributed by atoms with E-state index in [2.05, 4.69) is 15.9 Å². The van der Waals surface area contributed by atoms with Crippen molar-refractivity contribution >= 4 is 33.9 Å². The first-order valence-corrected chi connectivity index (χ1v) is 7.14. The fourth-order valence-corrected chi connectivity index (χ4v) is 2.29. The molecule has 0 radical (unpaired) electrons. The Kier molecular flexibility index (Phi) is 6.42. The normalized spacial score (nSPS) is 10.7. The molecule has 6 heteroatoms. The highest BCUT2D eigenvalue weighted by Gasteiger charge is 2.09. The smallest absolute Gasteiger partial charge is 0.328 e. The van der Waals surface area contributed by atoms with Gasteiger partial charge >= 0.3 is 5.97 Å². The number of hydrogen-bond donors (Lipinski definition) is 1. The Morgan fingerprint density at radius 2 is 2.05 bits per heavy atom. The molecule has 21 heavy (non-hydrogen) atoms. The summed E-state index contributed by atoms with van der Waals surface area (Å²) in [5.74, 6) is -0.462. The van der Waals surface area contributed by atoms with Gasteiger partial charge in [-0.3, -0.25) is 4.79 Å². The van der Waals surface area contributed by atoms with Crippen LogP contribution in [0.4, 0.5) is 0 Å². The third kappa shape index (κ3) is 5.59. The number of aliphatic carboxylic acids is 1.